The number of carbonyl (C=O) groups is 1. The summed E-state index contributed by atoms with van der Waals surface area (Å²) in [6, 6.07) is 11.2. The summed E-state index contributed by atoms with van der Waals surface area (Å²) in [6.45, 7) is 2.77. The Morgan fingerprint density at radius 1 is 1.19 bits per heavy atom. The second-order valence-corrected chi connectivity index (χ2v) is 5.94. The van der Waals surface area contributed by atoms with Crippen molar-refractivity contribution in [2.75, 3.05) is 20.3 Å². The Bertz CT molecular complexity index is 1120. The Morgan fingerprint density at radius 2 is 2.04 bits per heavy atom. The molecule has 1 amide bonds. The van der Waals surface area contributed by atoms with E-state index in [0.717, 1.165) is 11.2 Å². The van der Waals surface area contributed by atoms with Gasteiger partial charge in [0.2, 0.25) is 0 Å². The van der Waals surface area contributed by atoms with Crippen LogP contribution in [-0.2, 0) is 4.74 Å². The lowest BCUT2D eigenvalue weighted by atomic mass is 10.3. The molecule has 0 aliphatic carbocycles. The maximum atomic E-state index is 12.5. The Morgan fingerprint density at radius 3 is 2.89 bits per heavy atom. The first-order valence-corrected chi connectivity index (χ1v) is 8.42. The van der Waals surface area contributed by atoms with Crippen molar-refractivity contribution >= 4 is 22.5 Å². The number of amides is 1. The van der Waals surface area contributed by atoms with Gasteiger partial charge in [-0.3, -0.25) is 4.79 Å². The summed E-state index contributed by atoms with van der Waals surface area (Å²) in [7, 11) is 1.59. The molecule has 9 heteroatoms. The van der Waals surface area contributed by atoms with E-state index >= 15 is 0 Å². The second kappa shape index (κ2) is 7.04. The summed E-state index contributed by atoms with van der Waals surface area (Å²) >= 11 is 0. The molecule has 0 spiro atoms. The van der Waals surface area contributed by atoms with Gasteiger partial charge in [0.05, 0.1) is 12.8 Å². The average Bonchev–Trinajstić information content (AvgIpc) is 3.27. The van der Waals surface area contributed by atoms with Gasteiger partial charge in [-0.25, -0.2) is 4.98 Å². The summed E-state index contributed by atoms with van der Waals surface area (Å²) in [4.78, 5) is 24.0. The fourth-order valence-electron chi connectivity index (χ4n) is 2.85. The van der Waals surface area contributed by atoms with Crippen LogP contribution in [0.1, 0.15) is 16.2 Å². The quantitative estimate of drug-likeness (QED) is 0.521. The Kier molecular flexibility index (Phi) is 4.43. The summed E-state index contributed by atoms with van der Waals surface area (Å²) in [6.07, 6.45) is 1.48. The van der Waals surface area contributed by atoms with Gasteiger partial charge in [0.25, 0.3) is 11.8 Å². The van der Waals surface area contributed by atoms with E-state index in [-0.39, 0.29) is 5.91 Å². The van der Waals surface area contributed by atoms with Crippen molar-refractivity contribution in [3.05, 3.63) is 54.0 Å². The number of aromatic nitrogens is 5. The number of para-hydroxylation sites is 1. The molecule has 1 aromatic carbocycles. The molecular weight excluding hydrogens is 348 g/mol. The first-order chi connectivity index (χ1) is 13.2. The summed E-state index contributed by atoms with van der Waals surface area (Å²) < 4.78 is 6.76. The highest BCUT2D eigenvalue weighted by atomic mass is 16.7. The van der Waals surface area contributed by atoms with E-state index in [1.54, 1.807) is 11.5 Å². The number of hydrogen-bond acceptors (Lipinski definition) is 6. The Hall–Kier alpha value is -3.46. The predicted octanol–water partition coefficient (Wildman–Crippen LogP) is 1.61. The number of nitrogens with one attached hydrogen (secondary N) is 1. The standard InChI is InChI=1S/C18H18N6O3/c1-12-7-8-15-18(27-24-14-6-4-3-5-13(14)21-22-24)20-11-16(23(12)15)17(25)19-9-10-26-2/h3-8,11H,9-10H2,1-2H3,(H,19,25). The molecule has 9 nitrogen and oxygen atoms in total. The molecule has 4 rings (SSSR count). The molecule has 0 unspecified atom stereocenters. The lowest BCUT2D eigenvalue weighted by molar-refractivity contribution is 0.0929. The molecule has 3 heterocycles. The number of fused-ring (bicyclic) bond motifs is 2. The molecule has 138 valence electrons. The SMILES string of the molecule is COCCNC(=O)c1cnc(On2nnc3ccccc32)c2ccc(C)n12. The highest BCUT2D eigenvalue weighted by Gasteiger charge is 2.17. The van der Waals surface area contributed by atoms with Crippen molar-refractivity contribution in [2.24, 2.45) is 0 Å². The zero-order valence-corrected chi connectivity index (χ0v) is 14.9. The minimum atomic E-state index is -0.235. The van der Waals surface area contributed by atoms with Crippen molar-refractivity contribution < 1.29 is 14.4 Å². The molecular formula is C18H18N6O3. The molecule has 0 radical (unpaired) electrons. The molecule has 1 N–H and O–H groups in total. The summed E-state index contributed by atoms with van der Waals surface area (Å²) in [5.41, 5.74) is 3.40. The van der Waals surface area contributed by atoms with Gasteiger partial charge in [-0.05, 0) is 36.4 Å². The molecule has 0 aliphatic rings. The number of carbonyl (C=O) groups excluding carboxylic acids is 1. The molecule has 27 heavy (non-hydrogen) atoms. The van der Waals surface area contributed by atoms with Crippen molar-refractivity contribution in [3.63, 3.8) is 0 Å². The second-order valence-electron chi connectivity index (χ2n) is 5.94. The normalized spacial score (nSPS) is 11.2. The highest BCUT2D eigenvalue weighted by molar-refractivity contribution is 5.93. The van der Waals surface area contributed by atoms with Crippen LogP contribution in [0.3, 0.4) is 0 Å². The van der Waals surface area contributed by atoms with Gasteiger partial charge in [0.1, 0.15) is 22.2 Å². The van der Waals surface area contributed by atoms with E-state index in [2.05, 4.69) is 20.6 Å². The van der Waals surface area contributed by atoms with Crippen LogP contribution < -0.4 is 10.2 Å². The third-order valence-corrected chi connectivity index (χ3v) is 4.16. The fraction of sp³-hybridized carbons (Fsp3) is 0.222. The zero-order valence-electron chi connectivity index (χ0n) is 14.9. The van der Waals surface area contributed by atoms with Gasteiger partial charge in [0, 0.05) is 19.3 Å². The minimum Gasteiger partial charge on any atom is -0.383 e. The molecule has 3 aromatic heterocycles. The first kappa shape index (κ1) is 17.0. The highest BCUT2D eigenvalue weighted by Crippen LogP contribution is 2.23. The number of hydrogen-bond donors (Lipinski definition) is 1. The molecule has 4 aromatic rings. The Balaban J connectivity index is 1.71. The molecule has 0 atom stereocenters. The minimum absolute atomic E-state index is 0.235. The van der Waals surface area contributed by atoms with E-state index in [1.807, 2.05) is 43.3 Å². The molecule has 0 fully saturated rings. The first-order valence-electron chi connectivity index (χ1n) is 8.42. The zero-order chi connectivity index (χ0) is 18.8. The molecule has 0 saturated heterocycles. The van der Waals surface area contributed by atoms with Crippen molar-refractivity contribution in [1.82, 2.24) is 29.9 Å². The van der Waals surface area contributed by atoms with E-state index < -0.39 is 0 Å². The lowest BCUT2D eigenvalue weighted by Crippen LogP contribution is -2.29. The van der Waals surface area contributed by atoms with Gasteiger partial charge < -0.3 is 19.3 Å². The van der Waals surface area contributed by atoms with E-state index in [0.29, 0.717) is 35.8 Å². The van der Waals surface area contributed by atoms with Crippen LogP contribution >= 0.6 is 0 Å². The van der Waals surface area contributed by atoms with Crippen LogP contribution in [0.2, 0.25) is 0 Å². The average molecular weight is 366 g/mol. The number of methoxy groups -OCH3 is 1. The van der Waals surface area contributed by atoms with Crippen LogP contribution in [-0.4, -0.2) is 50.7 Å². The van der Waals surface area contributed by atoms with Gasteiger partial charge in [-0.15, -0.1) is 5.10 Å². The fourth-order valence-corrected chi connectivity index (χ4v) is 2.85. The van der Waals surface area contributed by atoms with Crippen molar-refractivity contribution in [3.8, 4) is 5.88 Å². The number of rotatable bonds is 6. The largest absolute Gasteiger partial charge is 0.383 e. The Labute approximate surface area is 154 Å². The molecule has 0 saturated carbocycles. The third kappa shape index (κ3) is 3.08. The van der Waals surface area contributed by atoms with Crippen LogP contribution in [0.15, 0.2) is 42.6 Å². The van der Waals surface area contributed by atoms with Gasteiger partial charge in [-0.1, -0.05) is 17.0 Å². The van der Waals surface area contributed by atoms with Crippen molar-refractivity contribution in [1.29, 1.82) is 0 Å². The predicted molar refractivity (Wildman–Crippen MR) is 97.7 cm³/mol. The van der Waals surface area contributed by atoms with Crippen molar-refractivity contribution in [2.45, 2.75) is 6.92 Å². The molecule has 0 bridgehead atoms. The van der Waals surface area contributed by atoms with E-state index in [9.17, 15) is 4.79 Å². The van der Waals surface area contributed by atoms with Crippen LogP contribution in [0.4, 0.5) is 0 Å². The van der Waals surface area contributed by atoms with Gasteiger partial charge in [0.15, 0.2) is 0 Å². The monoisotopic (exact) mass is 366 g/mol. The number of nitrogens with zero attached hydrogens (tertiary/aromatic N) is 5. The maximum Gasteiger partial charge on any atom is 0.273 e. The number of benzene rings is 1. The van der Waals surface area contributed by atoms with Crippen LogP contribution in [0, 0.1) is 6.92 Å². The topological polar surface area (TPSA) is 95.6 Å². The summed E-state index contributed by atoms with van der Waals surface area (Å²) in [5.74, 6) is 0.0915. The number of aryl methyl sites for hydroxylation is 1. The summed E-state index contributed by atoms with van der Waals surface area (Å²) in [5, 5.41) is 10.9. The van der Waals surface area contributed by atoms with E-state index in [4.69, 9.17) is 9.57 Å². The number of ether oxygens (including phenoxy) is 1. The van der Waals surface area contributed by atoms with Crippen LogP contribution in [0.25, 0.3) is 16.6 Å². The smallest absolute Gasteiger partial charge is 0.273 e. The van der Waals surface area contributed by atoms with Gasteiger partial charge in [-0.2, -0.15) is 0 Å². The third-order valence-electron chi connectivity index (χ3n) is 4.16. The molecule has 0 aliphatic heterocycles. The van der Waals surface area contributed by atoms with Crippen LogP contribution in [0.5, 0.6) is 5.88 Å². The maximum absolute atomic E-state index is 12.5. The van der Waals surface area contributed by atoms with Gasteiger partial charge >= 0.3 is 0 Å². The lowest BCUT2D eigenvalue weighted by Gasteiger charge is -2.11. The van der Waals surface area contributed by atoms with E-state index in [1.165, 1.54) is 11.0 Å².